The van der Waals surface area contributed by atoms with Crippen molar-refractivity contribution in [3.8, 4) is 11.8 Å². The summed E-state index contributed by atoms with van der Waals surface area (Å²) in [4.78, 5) is 21.7. The van der Waals surface area contributed by atoms with Gasteiger partial charge in [0.1, 0.15) is 5.75 Å². The molecule has 1 aromatic heterocycles. The van der Waals surface area contributed by atoms with Gasteiger partial charge in [0.25, 0.3) is 5.91 Å². The van der Waals surface area contributed by atoms with Gasteiger partial charge in [-0.05, 0) is 42.8 Å². The maximum absolute atomic E-state index is 12.9. The average molecular weight is 369 g/mol. The highest BCUT2D eigenvalue weighted by Gasteiger charge is 2.15. The molecule has 0 aliphatic carbocycles. The Hall–Kier alpha value is -3.73. The van der Waals surface area contributed by atoms with E-state index in [1.807, 2.05) is 86.6 Å². The smallest absolute Gasteiger partial charge is 0.322 e. The van der Waals surface area contributed by atoms with Gasteiger partial charge < -0.3 is 10.1 Å². The Kier molecular flexibility index (Phi) is 4.72. The molecule has 0 saturated carbocycles. The van der Waals surface area contributed by atoms with Crippen molar-refractivity contribution in [1.29, 1.82) is 0 Å². The maximum atomic E-state index is 12.9. The molecule has 28 heavy (non-hydrogen) atoms. The van der Waals surface area contributed by atoms with Crippen LogP contribution in [0.5, 0.6) is 11.8 Å². The summed E-state index contributed by atoms with van der Waals surface area (Å²) in [5, 5.41) is 4.88. The molecule has 1 heterocycles. The van der Waals surface area contributed by atoms with Gasteiger partial charge in [-0.2, -0.15) is 9.97 Å². The first-order valence-electron chi connectivity index (χ1n) is 8.99. The Bertz CT molecular complexity index is 1130. The number of anilines is 1. The minimum atomic E-state index is -0.191. The van der Waals surface area contributed by atoms with Crippen molar-refractivity contribution >= 4 is 22.4 Å². The number of nitrogens with one attached hydrogen (secondary N) is 1. The summed E-state index contributed by atoms with van der Waals surface area (Å²) < 4.78 is 5.71. The molecular formula is C23H19N3O2. The van der Waals surface area contributed by atoms with Crippen LogP contribution in [-0.2, 0) is 0 Å². The number of carbonyl (C=O) groups excluding carboxylic acids is 1. The largest absolute Gasteiger partial charge is 0.424 e. The number of ether oxygens (including phenoxy) is 1. The number of carbonyl (C=O) groups is 1. The SMILES string of the molecule is Cc1nc(Oc2ccccc2)nc(C)c1NC(=O)c1cccc2ccccc12. The number of fused-ring (bicyclic) bond motifs is 1. The van der Waals surface area contributed by atoms with Crippen LogP contribution in [0.25, 0.3) is 10.8 Å². The van der Waals surface area contributed by atoms with Crippen molar-refractivity contribution in [2.24, 2.45) is 0 Å². The second kappa shape index (κ2) is 7.48. The third-order valence-electron chi connectivity index (χ3n) is 4.48. The van der Waals surface area contributed by atoms with Crippen LogP contribution in [0.15, 0.2) is 72.8 Å². The topological polar surface area (TPSA) is 64.1 Å². The molecule has 0 radical (unpaired) electrons. The van der Waals surface area contributed by atoms with E-state index < -0.39 is 0 Å². The Morgan fingerprint density at radius 1 is 0.821 bits per heavy atom. The molecule has 0 bridgehead atoms. The predicted octanol–water partition coefficient (Wildman–Crippen LogP) is 5.29. The van der Waals surface area contributed by atoms with E-state index in [9.17, 15) is 4.79 Å². The molecule has 0 spiro atoms. The number of amides is 1. The summed E-state index contributed by atoms with van der Waals surface area (Å²) in [7, 11) is 0. The van der Waals surface area contributed by atoms with E-state index >= 15 is 0 Å². The first kappa shape index (κ1) is 17.7. The van der Waals surface area contributed by atoms with Crippen molar-refractivity contribution in [3.05, 3.63) is 89.7 Å². The van der Waals surface area contributed by atoms with E-state index in [1.165, 1.54) is 0 Å². The lowest BCUT2D eigenvalue weighted by atomic mass is 10.0. The molecule has 1 amide bonds. The van der Waals surface area contributed by atoms with Crippen LogP contribution >= 0.6 is 0 Å². The Morgan fingerprint density at radius 2 is 1.46 bits per heavy atom. The van der Waals surface area contributed by atoms with Crippen LogP contribution in [0.4, 0.5) is 5.69 Å². The van der Waals surface area contributed by atoms with E-state index in [2.05, 4.69) is 15.3 Å². The van der Waals surface area contributed by atoms with Crippen molar-refractivity contribution in [2.45, 2.75) is 13.8 Å². The van der Waals surface area contributed by atoms with Gasteiger partial charge >= 0.3 is 6.01 Å². The highest BCUT2D eigenvalue weighted by molar-refractivity contribution is 6.13. The quantitative estimate of drug-likeness (QED) is 0.531. The average Bonchev–Trinajstić information content (AvgIpc) is 2.71. The van der Waals surface area contributed by atoms with E-state index in [4.69, 9.17) is 4.74 Å². The zero-order valence-electron chi connectivity index (χ0n) is 15.6. The number of nitrogens with zero attached hydrogens (tertiary/aromatic N) is 2. The summed E-state index contributed by atoms with van der Waals surface area (Å²) in [5.74, 6) is 0.470. The molecule has 138 valence electrons. The summed E-state index contributed by atoms with van der Waals surface area (Å²) in [6.07, 6.45) is 0. The molecule has 0 saturated heterocycles. The number of hydrogen-bond donors (Lipinski definition) is 1. The fourth-order valence-corrected chi connectivity index (χ4v) is 3.11. The van der Waals surface area contributed by atoms with Crippen molar-refractivity contribution in [3.63, 3.8) is 0 Å². The number of hydrogen-bond acceptors (Lipinski definition) is 4. The monoisotopic (exact) mass is 369 g/mol. The molecule has 5 nitrogen and oxygen atoms in total. The molecule has 0 aliphatic heterocycles. The highest BCUT2D eigenvalue weighted by atomic mass is 16.5. The summed E-state index contributed by atoms with van der Waals surface area (Å²) in [6, 6.07) is 23.1. The van der Waals surface area contributed by atoms with E-state index in [1.54, 1.807) is 0 Å². The Labute approximate surface area is 163 Å². The lowest BCUT2D eigenvalue weighted by Gasteiger charge is -2.13. The Balaban J connectivity index is 1.62. The third kappa shape index (κ3) is 3.55. The van der Waals surface area contributed by atoms with Gasteiger partial charge in [0.05, 0.1) is 17.1 Å². The van der Waals surface area contributed by atoms with Crippen molar-refractivity contribution in [1.82, 2.24) is 9.97 Å². The van der Waals surface area contributed by atoms with E-state index in [0.29, 0.717) is 28.4 Å². The van der Waals surface area contributed by atoms with Gasteiger partial charge in [-0.15, -0.1) is 0 Å². The number of aromatic nitrogens is 2. The second-order valence-corrected chi connectivity index (χ2v) is 6.45. The number of rotatable bonds is 4. The maximum Gasteiger partial charge on any atom is 0.322 e. The van der Waals surface area contributed by atoms with E-state index in [0.717, 1.165) is 10.8 Å². The minimum absolute atomic E-state index is 0.191. The van der Waals surface area contributed by atoms with Crippen molar-refractivity contribution < 1.29 is 9.53 Å². The third-order valence-corrected chi connectivity index (χ3v) is 4.48. The molecule has 4 aromatic rings. The normalized spacial score (nSPS) is 10.6. The van der Waals surface area contributed by atoms with E-state index in [-0.39, 0.29) is 11.9 Å². The van der Waals surface area contributed by atoms with Crippen LogP contribution in [-0.4, -0.2) is 15.9 Å². The van der Waals surface area contributed by atoms with Gasteiger partial charge in [0, 0.05) is 5.56 Å². The zero-order chi connectivity index (χ0) is 19.5. The van der Waals surface area contributed by atoms with Crippen LogP contribution in [0.2, 0.25) is 0 Å². The summed E-state index contributed by atoms with van der Waals surface area (Å²) >= 11 is 0. The lowest BCUT2D eigenvalue weighted by molar-refractivity contribution is 0.102. The molecule has 1 N–H and O–H groups in total. The highest BCUT2D eigenvalue weighted by Crippen LogP contribution is 2.25. The second-order valence-electron chi connectivity index (χ2n) is 6.45. The fourth-order valence-electron chi connectivity index (χ4n) is 3.11. The molecule has 5 heteroatoms. The molecule has 3 aromatic carbocycles. The number of aryl methyl sites for hydroxylation is 2. The number of benzene rings is 3. The minimum Gasteiger partial charge on any atom is -0.424 e. The fraction of sp³-hybridized carbons (Fsp3) is 0.0870. The molecule has 0 unspecified atom stereocenters. The Morgan fingerprint density at radius 3 is 2.21 bits per heavy atom. The molecule has 0 atom stereocenters. The number of para-hydroxylation sites is 1. The molecule has 0 aliphatic rings. The van der Waals surface area contributed by atoms with Gasteiger partial charge in [0.15, 0.2) is 0 Å². The van der Waals surface area contributed by atoms with Crippen molar-refractivity contribution in [2.75, 3.05) is 5.32 Å². The zero-order valence-corrected chi connectivity index (χ0v) is 15.6. The predicted molar refractivity (Wildman–Crippen MR) is 110 cm³/mol. The first-order chi connectivity index (χ1) is 13.6. The van der Waals surface area contributed by atoms with Gasteiger partial charge in [-0.3, -0.25) is 4.79 Å². The molecule has 4 rings (SSSR count). The summed E-state index contributed by atoms with van der Waals surface area (Å²) in [5.41, 5.74) is 2.50. The van der Waals surface area contributed by atoms with Crippen LogP contribution in [0.1, 0.15) is 21.7 Å². The van der Waals surface area contributed by atoms with Gasteiger partial charge in [0.2, 0.25) is 0 Å². The van der Waals surface area contributed by atoms with Gasteiger partial charge in [-0.25, -0.2) is 0 Å². The molecular weight excluding hydrogens is 350 g/mol. The van der Waals surface area contributed by atoms with Crippen LogP contribution in [0, 0.1) is 13.8 Å². The lowest BCUT2D eigenvalue weighted by Crippen LogP contribution is -2.15. The van der Waals surface area contributed by atoms with Crippen LogP contribution in [0.3, 0.4) is 0 Å². The van der Waals surface area contributed by atoms with Crippen LogP contribution < -0.4 is 10.1 Å². The molecule has 0 fully saturated rings. The summed E-state index contributed by atoms with van der Waals surface area (Å²) in [6.45, 7) is 3.65. The first-order valence-corrected chi connectivity index (χ1v) is 8.99. The standard InChI is InChI=1S/C23H19N3O2/c1-15-21(16(2)25-23(24-15)28-18-11-4-3-5-12-18)26-22(27)20-14-8-10-17-9-6-7-13-19(17)20/h3-14H,1-2H3,(H,26,27). The van der Waals surface area contributed by atoms with Gasteiger partial charge in [-0.1, -0.05) is 54.6 Å².